The third kappa shape index (κ3) is 5.56. The molecule has 0 bridgehead atoms. The summed E-state index contributed by atoms with van der Waals surface area (Å²) in [6.45, 7) is 7.08. The molecule has 0 amide bonds. The second-order valence-corrected chi connectivity index (χ2v) is 5.89. The molecular formula is C17H20F3NO2S. The van der Waals surface area contributed by atoms with Crippen LogP contribution in [0.4, 0.5) is 18.2 Å². The van der Waals surface area contributed by atoms with Crippen molar-refractivity contribution in [2.75, 3.05) is 12.4 Å². The van der Waals surface area contributed by atoms with Gasteiger partial charge in [-0.15, -0.1) is 24.5 Å². The van der Waals surface area contributed by atoms with E-state index in [1.54, 1.807) is 13.1 Å². The van der Waals surface area contributed by atoms with Gasteiger partial charge in [-0.3, -0.25) is 4.79 Å². The van der Waals surface area contributed by atoms with Gasteiger partial charge in [0, 0.05) is 23.9 Å². The maximum Gasteiger partial charge on any atom is 0.572 e. The lowest BCUT2D eigenvalue weighted by molar-refractivity contribution is -0.306. The van der Waals surface area contributed by atoms with Crippen LogP contribution in [0.1, 0.15) is 35.5 Å². The second kappa shape index (κ2) is 8.73. The topological polar surface area (TPSA) is 38.3 Å². The van der Waals surface area contributed by atoms with Crippen molar-refractivity contribution in [1.82, 2.24) is 0 Å². The number of halogens is 3. The van der Waals surface area contributed by atoms with Gasteiger partial charge in [-0.05, 0) is 24.6 Å². The molecule has 24 heavy (non-hydrogen) atoms. The van der Waals surface area contributed by atoms with E-state index in [0.717, 1.165) is 22.4 Å². The van der Waals surface area contributed by atoms with E-state index in [-0.39, 0.29) is 23.5 Å². The van der Waals surface area contributed by atoms with Crippen molar-refractivity contribution in [1.29, 1.82) is 0 Å². The Balaban J connectivity index is 3.13. The van der Waals surface area contributed by atoms with Gasteiger partial charge in [0.1, 0.15) is 5.76 Å². The first-order valence-electron chi connectivity index (χ1n) is 7.39. The minimum absolute atomic E-state index is 0.0504. The molecule has 0 aromatic carbocycles. The summed E-state index contributed by atoms with van der Waals surface area (Å²) >= 11 is 1.47. The fourth-order valence-electron chi connectivity index (χ4n) is 1.92. The lowest BCUT2D eigenvalue weighted by Crippen LogP contribution is -2.12. The number of ether oxygens (including phenoxy) is 1. The first kappa shape index (κ1) is 20.0. The SMILES string of the molecule is C=C/C(=C\C=C(/CC)OC(F)(F)F)C(=O)c1cc(CC)sc1NC. The zero-order valence-electron chi connectivity index (χ0n) is 13.8. The highest BCUT2D eigenvalue weighted by Gasteiger charge is 2.31. The Hall–Kier alpha value is -2.02. The average molecular weight is 359 g/mol. The van der Waals surface area contributed by atoms with Gasteiger partial charge in [0.15, 0.2) is 5.78 Å². The van der Waals surface area contributed by atoms with Crippen LogP contribution in [0, 0.1) is 0 Å². The van der Waals surface area contributed by atoms with Gasteiger partial charge in [0.25, 0.3) is 0 Å². The molecule has 0 aliphatic carbocycles. The number of aryl methyl sites for hydroxylation is 1. The second-order valence-electron chi connectivity index (χ2n) is 4.75. The Labute approximate surface area is 143 Å². The fraction of sp³-hybridized carbons (Fsp3) is 0.353. The van der Waals surface area contributed by atoms with Crippen LogP contribution in [0.3, 0.4) is 0 Å². The molecule has 3 nitrogen and oxygen atoms in total. The molecule has 0 saturated carbocycles. The Morgan fingerprint density at radius 3 is 2.50 bits per heavy atom. The molecule has 132 valence electrons. The largest absolute Gasteiger partial charge is 0.572 e. The molecule has 1 aromatic rings. The number of Topliss-reactive ketones (excluding diaryl/α,β-unsaturated/α-hetero) is 1. The molecule has 0 spiro atoms. The lowest BCUT2D eigenvalue weighted by atomic mass is 10.0. The molecule has 1 rings (SSSR count). The van der Waals surface area contributed by atoms with Gasteiger partial charge >= 0.3 is 6.36 Å². The molecule has 1 N–H and O–H groups in total. The summed E-state index contributed by atoms with van der Waals surface area (Å²) in [7, 11) is 1.71. The van der Waals surface area contributed by atoms with E-state index >= 15 is 0 Å². The average Bonchev–Trinajstić information content (AvgIpc) is 2.96. The smallest absolute Gasteiger partial charge is 0.410 e. The van der Waals surface area contributed by atoms with Gasteiger partial charge in [-0.25, -0.2) is 0 Å². The number of carbonyl (C=O) groups is 1. The Kier molecular flexibility index (Phi) is 7.28. The summed E-state index contributed by atoms with van der Waals surface area (Å²) < 4.78 is 40.8. The minimum atomic E-state index is -4.75. The van der Waals surface area contributed by atoms with Crippen LogP contribution in [-0.4, -0.2) is 19.2 Å². The van der Waals surface area contributed by atoms with E-state index < -0.39 is 6.36 Å². The normalized spacial score (nSPS) is 12.9. The van der Waals surface area contributed by atoms with E-state index in [0.29, 0.717) is 5.56 Å². The Morgan fingerprint density at radius 2 is 2.04 bits per heavy atom. The van der Waals surface area contributed by atoms with Crippen LogP contribution >= 0.6 is 11.3 Å². The maximum atomic E-state index is 12.6. The summed E-state index contributed by atoms with van der Waals surface area (Å²) in [6, 6.07) is 1.78. The molecule has 0 saturated heterocycles. The van der Waals surface area contributed by atoms with Crippen molar-refractivity contribution in [3.05, 3.63) is 52.6 Å². The fourth-order valence-corrected chi connectivity index (χ4v) is 2.86. The zero-order valence-corrected chi connectivity index (χ0v) is 14.6. The van der Waals surface area contributed by atoms with Crippen molar-refractivity contribution in [2.45, 2.75) is 33.1 Å². The Bertz CT molecular complexity index is 657. The number of thiophene rings is 1. The van der Waals surface area contributed by atoms with Crippen LogP contribution in [-0.2, 0) is 11.2 Å². The van der Waals surface area contributed by atoms with Gasteiger partial charge in [0.05, 0.1) is 10.6 Å². The standard InChI is InChI=1S/C17H20F3NO2S/c1-5-11(8-9-12(6-2)23-17(18,19)20)15(22)14-10-13(7-3)24-16(14)21-4/h5,8-10,21H,1,6-7H2,2-4H3/b11-8+,12-9+. The summed E-state index contributed by atoms with van der Waals surface area (Å²) in [6.07, 6.45) is -0.149. The number of hydrogen-bond acceptors (Lipinski definition) is 4. The molecule has 0 fully saturated rings. The maximum absolute atomic E-state index is 12.6. The molecule has 0 atom stereocenters. The molecule has 0 aliphatic rings. The number of allylic oxidation sites excluding steroid dienone is 5. The number of carbonyl (C=O) groups excluding carboxylic acids is 1. The van der Waals surface area contributed by atoms with E-state index in [1.807, 2.05) is 6.92 Å². The first-order chi connectivity index (χ1) is 11.3. The van der Waals surface area contributed by atoms with Gasteiger partial charge in [-0.2, -0.15) is 0 Å². The summed E-state index contributed by atoms with van der Waals surface area (Å²) in [5, 5.41) is 3.68. The van der Waals surface area contributed by atoms with Crippen molar-refractivity contribution >= 4 is 22.1 Å². The van der Waals surface area contributed by atoms with Crippen molar-refractivity contribution in [3.8, 4) is 0 Å². The highest BCUT2D eigenvalue weighted by molar-refractivity contribution is 7.16. The highest BCUT2D eigenvalue weighted by atomic mass is 32.1. The summed E-state index contributed by atoms with van der Waals surface area (Å²) in [5.74, 6) is -0.577. The van der Waals surface area contributed by atoms with Crippen LogP contribution in [0.2, 0.25) is 0 Å². The predicted molar refractivity (Wildman–Crippen MR) is 91.4 cm³/mol. The number of nitrogens with one attached hydrogen (secondary N) is 1. The Morgan fingerprint density at radius 1 is 1.38 bits per heavy atom. The molecule has 1 heterocycles. The highest BCUT2D eigenvalue weighted by Crippen LogP contribution is 2.30. The van der Waals surface area contributed by atoms with E-state index in [1.165, 1.54) is 30.4 Å². The van der Waals surface area contributed by atoms with Crippen LogP contribution in [0.15, 0.2) is 42.2 Å². The number of hydrogen-bond donors (Lipinski definition) is 1. The molecule has 7 heteroatoms. The molecule has 0 radical (unpaired) electrons. The van der Waals surface area contributed by atoms with Crippen molar-refractivity contribution in [3.63, 3.8) is 0 Å². The molecular weight excluding hydrogens is 339 g/mol. The monoisotopic (exact) mass is 359 g/mol. The minimum Gasteiger partial charge on any atom is -0.410 e. The molecule has 1 aromatic heterocycles. The molecule has 0 aliphatic heterocycles. The summed E-state index contributed by atoms with van der Waals surface area (Å²) in [4.78, 5) is 13.6. The number of rotatable bonds is 8. The predicted octanol–water partition coefficient (Wildman–Crippen LogP) is 5.48. The van der Waals surface area contributed by atoms with E-state index in [2.05, 4.69) is 16.6 Å². The third-order valence-corrected chi connectivity index (χ3v) is 4.43. The van der Waals surface area contributed by atoms with Gasteiger partial charge < -0.3 is 10.1 Å². The van der Waals surface area contributed by atoms with Gasteiger partial charge in [0.2, 0.25) is 0 Å². The van der Waals surface area contributed by atoms with Crippen LogP contribution < -0.4 is 5.32 Å². The first-order valence-corrected chi connectivity index (χ1v) is 8.21. The van der Waals surface area contributed by atoms with E-state index in [9.17, 15) is 18.0 Å². The quantitative estimate of drug-likeness (QED) is 0.289. The molecule has 0 unspecified atom stereocenters. The number of alkyl halides is 3. The number of anilines is 1. The number of ketones is 1. The van der Waals surface area contributed by atoms with E-state index in [4.69, 9.17) is 0 Å². The van der Waals surface area contributed by atoms with Crippen LogP contribution in [0.25, 0.3) is 0 Å². The van der Waals surface area contributed by atoms with Crippen molar-refractivity contribution in [2.24, 2.45) is 0 Å². The van der Waals surface area contributed by atoms with Crippen molar-refractivity contribution < 1.29 is 22.7 Å². The third-order valence-electron chi connectivity index (χ3n) is 3.13. The lowest BCUT2D eigenvalue weighted by Gasteiger charge is -2.10. The summed E-state index contributed by atoms with van der Waals surface area (Å²) in [5.41, 5.74) is 0.678. The van der Waals surface area contributed by atoms with Crippen LogP contribution in [0.5, 0.6) is 0 Å². The van der Waals surface area contributed by atoms with Gasteiger partial charge in [-0.1, -0.05) is 26.5 Å². The zero-order chi connectivity index (χ0) is 18.3.